The van der Waals surface area contributed by atoms with Gasteiger partial charge >= 0.3 is 0 Å². The molecule has 0 heterocycles. The molecular formula is C19H37N3O3. The predicted octanol–water partition coefficient (Wildman–Crippen LogP) is 2.52. The van der Waals surface area contributed by atoms with Gasteiger partial charge in [0.1, 0.15) is 0 Å². The first-order chi connectivity index (χ1) is 11.8. The van der Waals surface area contributed by atoms with E-state index in [1.54, 1.807) is 0 Å². The number of rotatable bonds is 14. The molecule has 0 spiro atoms. The number of hydrogen-bond donors (Lipinski definition) is 3. The number of carbonyl (C=O) groups is 3. The maximum Gasteiger partial charge on any atom is 0.239 e. The molecule has 146 valence electrons. The zero-order valence-corrected chi connectivity index (χ0v) is 16.5. The zero-order valence-electron chi connectivity index (χ0n) is 16.5. The van der Waals surface area contributed by atoms with Gasteiger partial charge in [0, 0.05) is 25.4 Å². The molecule has 0 aromatic carbocycles. The van der Waals surface area contributed by atoms with Crippen LogP contribution in [0.2, 0.25) is 0 Å². The Morgan fingerprint density at radius 3 is 1.64 bits per heavy atom. The van der Waals surface area contributed by atoms with E-state index in [9.17, 15) is 14.4 Å². The van der Waals surface area contributed by atoms with Crippen molar-refractivity contribution in [3.63, 3.8) is 0 Å². The molecule has 0 aromatic rings. The second-order valence-electron chi connectivity index (χ2n) is 7.32. The van der Waals surface area contributed by atoms with Crippen molar-refractivity contribution >= 4 is 17.7 Å². The smallest absolute Gasteiger partial charge is 0.239 e. The van der Waals surface area contributed by atoms with Crippen LogP contribution in [0.15, 0.2) is 0 Å². The standard InChI is InChI=1S/C19H37N3O3/c1-15(2)13-20-17(23)11-9-7-5-6-8-10-12-18(24)21-14-19(25)22-16(3)4/h15-16H,5-14H2,1-4H3,(H,20,23)(H,21,24)(H,22,25). The van der Waals surface area contributed by atoms with Gasteiger partial charge < -0.3 is 16.0 Å². The van der Waals surface area contributed by atoms with Crippen LogP contribution in [-0.2, 0) is 14.4 Å². The summed E-state index contributed by atoms with van der Waals surface area (Å²) in [5, 5.41) is 8.29. The summed E-state index contributed by atoms with van der Waals surface area (Å²) < 4.78 is 0. The van der Waals surface area contributed by atoms with Crippen molar-refractivity contribution < 1.29 is 14.4 Å². The Kier molecular flexibility index (Phi) is 13.8. The van der Waals surface area contributed by atoms with Crippen LogP contribution in [0.1, 0.15) is 79.1 Å². The van der Waals surface area contributed by atoms with Gasteiger partial charge in [0.05, 0.1) is 6.54 Å². The van der Waals surface area contributed by atoms with Crippen molar-refractivity contribution in [2.24, 2.45) is 5.92 Å². The minimum atomic E-state index is -0.152. The lowest BCUT2D eigenvalue weighted by atomic mass is 10.1. The normalized spacial score (nSPS) is 10.8. The highest BCUT2D eigenvalue weighted by Gasteiger charge is 2.06. The molecule has 0 atom stereocenters. The van der Waals surface area contributed by atoms with Gasteiger partial charge in [0.15, 0.2) is 0 Å². The van der Waals surface area contributed by atoms with E-state index in [4.69, 9.17) is 0 Å². The summed E-state index contributed by atoms with van der Waals surface area (Å²) in [7, 11) is 0. The fraction of sp³-hybridized carbons (Fsp3) is 0.842. The van der Waals surface area contributed by atoms with Gasteiger partial charge in [-0.25, -0.2) is 0 Å². The van der Waals surface area contributed by atoms with Crippen LogP contribution < -0.4 is 16.0 Å². The van der Waals surface area contributed by atoms with Crippen LogP contribution in [-0.4, -0.2) is 36.9 Å². The second-order valence-corrected chi connectivity index (χ2v) is 7.32. The summed E-state index contributed by atoms with van der Waals surface area (Å²) in [5.74, 6) is 0.416. The van der Waals surface area contributed by atoms with Gasteiger partial charge in [-0.15, -0.1) is 0 Å². The van der Waals surface area contributed by atoms with Crippen LogP contribution in [0.4, 0.5) is 0 Å². The topological polar surface area (TPSA) is 87.3 Å². The van der Waals surface area contributed by atoms with E-state index in [2.05, 4.69) is 29.8 Å². The van der Waals surface area contributed by atoms with Gasteiger partial charge in [0.25, 0.3) is 0 Å². The summed E-state index contributed by atoms with van der Waals surface area (Å²) in [6.07, 6.45) is 7.06. The van der Waals surface area contributed by atoms with E-state index in [-0.39, 0.29) is 30.3 Å². The second kappa shape index (κ2) is 14.7. The largest absolute Gasteiger partial charge is 0.356 e. The highest BCUT2D eigenvalue weighted by Crippen LogP contribution is 2.08. The molecule has 0 aliphatic carbocycles. The average molecular weight is 356 g/mol. The Labute approximate surface area is 152 Å². The van der Waals surface area contributed by atoms with E-state index < -0.39 is 0 Å². The first kappa shape index (κ1) is 23.4. The Bertz CT molecular complexity index is 395. The molecule has 6 heteroatoms. The van der Waals surface area contributed by atoms with Crippen LogP contribution in [0.25, 0.3) is 0 Å². The van der Waals surface area contributed by atoms with Gasteiger partial charge in [-0.05, 0) is 32.6 Å². The van der Waals surface area contributed by atoms with E-state index in [0.717, 1.165) is 45.1 Å². The summed E-state index contributed by atoms with van der Waals surface area (Å²) in [4.78, 5) is 34.6. The van der Waals surface area contributed by atoms with Crippen molar-refractivity contribution in [1.82, 2.24) is 16.0 Å². The summed E-state index contributed by atoms with van der Waals surface area (Å²) >= 11 is 0. The lowest BCUT2D eigenvalue weighted by Crippen LogP contribution is -2.39. The molecule has 0 rings (SSSR count). The van der Waals surface area contributed by atoms with Crippen LogP contribution in [0.3, 0.4) is 0 Å². The first-order valence-electron chi connectivity index (χ1n) is 9.64. The third-order valence-electron chi connectivity index (χ3n) is 3.66. The van der Waals surface area contributed by atoms with E-state index in [0.29, 0.717) is 18.8 Å². The van der Waals surface area contributed by atoms with E-state index in [1.165, 1.54) is 0 Å². The first-order valence-corrected chi connectivity index (χ1v) is 9.64. The maximum absolute atomic E-state index is 11.6. The third-order valence-corrected chi connectivity index (χ3v) is 3.66. The molecule has 0 aromatic heterocycles. The van der Waals surface area contributed by atoms with Crippen molar-refractivity contribution in [2.75, 3.05) is 13.1 Å². The number of nitrogens with one attached hydrogen (secondary N) is 3. The third kappa shape index (κ3) is 17.0. The van der Waals surface area contributed by atoms with Crippen LogP contribution in [0, 0.1) is 5.92 Å². The number of carbonyl (C=O) groups excluding carboxylic acids is 3. The predicted molar refractivity (Wildman–Crippen MR) is 101 cm³/mol. The monoisotopic (exact) mass is 355 g/mol. The fourth-order valence-corrected chi connectivity index (χ4v) is 2.32. The number of amides is 3. The van der Waals surface area contributed by atoms with Gasteiger partial charge in [-0.2, -0.15) is 0 Å². The Morgan fingerprint density at radius 2 is 1.16 bits per heavy atom. The Balaban J connectivity index is 3.41. The lowest BCUT2D eigenvalue weighted by Gasteiger charge is -2.09. The minimum Gasteiger partial charge on any atom is -0.356 e. The van der Waals surface area contributed by atoms with Gasteiger partial charge in [0.2, 0.25) is 17.7 Å². The average Bonchev–Trinajstić information content (AvgIpc) is 2.52. The molecule has 0 fully saturated rings. The number of unbranched alkanes of at least 4 members (excludes halogenated alkanes) is 5. The molecule has 25 heavy (non-hydrogen) atoms. The van der Waals surface area contributed by atoms with Crippen molar-refractivity contribution in [3.8, 4) is 0 Å². The van der Waals surface area contributed by atoms with Crippen molar-refractivity contribution in [3.05, 3.63) is 0 Å². The molecule has 0 saturated heterocycles. The molecule has 0 bridgehead atoms. The number of hydrogen-bond acceptors (Lipinski definition) is 3. The Hall–Kier alpha value is -1.59. The molecule has 3 N–H and O–H groups in total. The quantitative estimate of drug-likeness (QED) is 0.418. The molecule has 0 aliphatic rings. The lowest BCUT2D eigenvalue weighted by molar-refractivity contribution is -0.126. The van der Waals surface area contributed by atoms with Crippen molar-refractivity contribution in [2.45, 2.75) is 85.1 Å². The summed E-state index contributed by atoms with van der Waals surface area (Å²) in [6, 6.07) is 0.0886. The van der Waals surface area contributed by atoms with E-state index >= 15 is 0 Å². The maximum atomic E-state index is 11.6. The SMILES string of the molecule is CC(C)CNC(=O)CCCCCCCCC(=O)NCC(=O)NC(C)C. The molecule has 3 amide bonds. The molecule has 0 unspecified atom stereocenters. The van der Waals surface area contributed by atoms with Crippen LogP contribution >= 0.6 is 0 Å². The molecule has 0 radical (unpaired) electrons. The van der Waals surface area contributed by atoms with Gasteiger partial charge in [-0.3, -0.25) is 14.4 Å². The highest BCUT2D eigenvalue weighted by molar-refractivity contribution is 5.84. The Morgan fingerprint density at radius 1 is 0.680 bits per heavy atom. The molecule has 6 nitrogen and oxygen atoms in total. The fourth-order valence-electron chi connectivity index (χ4n) is 2.32. The minimum absolute atomic E-state index is 0.0515. The summed E-state index contributed by atoms with van der Waals surface area (Å²) in [5.41, 5.74) is 0. The molecular weight excluding hydrogens is 318 g/mol. The zero-order chi connectivity index (χ0) is 19.1. The summed E-state index contributed by atoms with van der Waals surface area (Å²) in [6.45, 7) is 8.74. The van der Waals surface area contributed by atoms with Crippen LogP contribution in [0.5, 0.6) is 0 Å². The van der Waals surface area contributed by atoms with Gasteiger partial charge in [-0.1, -0.05) is 39.5 Å². The highest BCUT2D eigenvalue weighted by atomic mass is 16.2. The van der Waals surface area contributed by atoms with Crippen molar-refractivity contribution in [1.29, 1.82) is 0 Å². The van der Waals surface area contributed by atoms with E-state index in [1.807, 2.05) is 13.8 Å². The molecule has 0 aliphatic heterocycles. The molecule has 0 saturated carbocycles.